The zero-order chi connectivity index (χ0) is 21.8. The normalized spacial score (nSPS) is 22.2. The van der Waals surface area contributed by atoms with Gasteiger partial charge in [-0.2, -0.15) is 0 Å². The molecule has 0 radical (unpaired) electrons. The van der Waals surface area contributed by atoms with E-state index in [0.29, 0.717) is 23.5 Å². The van der Waals surface area contributed by atoms with E-state index in [9.17, 15) is 14.4 Å². The highest BCUT2D eigenvalue weighted by molar-refractivity contribution is 8.05. The van der Waals surface area contributed by atoms with Gasteiger partial charge in [0.1, 0.15) is 6.29 Å². The van der Waals surface area contributed by atoms with Crippen LogP contribution in [0.4, 0.5) is 0 Å². The molecule has 31 heavy (non-hydrogen) atoms. The van der Waals surface area contributed by atoms with E-state index in [0.717, 1.165) is 32.0 Å². The number of hydrogen-bond donors (Lipinski definition) is 1. The first-order valence-corrected chi connectivity index (χ1v) is 11.8. The molecule has 4 rings (SSSR count). The molecule has 7 heteroatoms. The van der Waals surface area contributed by atoms with Crippen LogP contribution in [-0.2, 0) is 20.8 Å². The first-order valence-electron chi connectivity index (χ1n) is 10.5. The van der Waals surface area contributed by atoms with E-state index in [1.165, 1.54) is 33.4 Å². The molecule has 0 bridgehead atoms. The van der Waals surface area contributed by atoms with Gasteiger partial charge in [-0.3, -0.25) is 14.5 Å². The van der Waals surface area contributed by atoms with Crippen molar-refractivity contribution in [2.24, 2.45) is 5.92 Å². The predicted octanol–water partition coefficient (Wildman–Crippen LogP) is 3.80. The van der Waals surface area contributed by atoms with Gasteiger partial charge in [-0.15, -0.1) is 11.8 Å². The van der Waals surface area contributed by atoms with Crippen molar-refractivity contribution in [2.75, 3.05) is 6.54 Å². The van der Waals surface area contributed by atoms with Crippen molar-refractivity contribution < 1.29 is 14.4 Å². The molecule has 2 aliphatic heterocycles. The van der Waals surface area contributed by atoms with Crippen LogP contribution >= 0.6 is 24.0 Å². The average Bonchev–Trinajstić information content (AvgIpc) is 3.38. The Morgan fingerprint density at radius 1 is 1.26 bits per heavy atom. The molecule has 1 unspecified atom stereocenters. The minimum atomic E-state index is -0.697. The molecular weight excluding hydrogens is 428 g/mol. The van der Waals surface area contributed by atoms with Crippen LogP contribution in [-0.4, -0.2) is 40.3 Å². The molecule has 1 N–H and O–H groups in total. The van der Waals surface area contributed by atoms with E-state index >= 15 is 0 Å². The number of nitrogens with zero attached hydrogens (tertiary/aromatic N) is 1. The number of rotatable bonds is 8. The molecule has 0 saturated carbocycles. The van der Waals surface area contributed by atoms with E-state index in [1.54, 1.807) is 17.0 Å². The molecule has 1 amide bonds. The van der Waals surface area contributed by atoms with Gasteiger partial charge in [-0.1, -0.05) is 48.1 Å². The Labute approximate surface area is 191 Å². The summed E-state index contributed by atoms with van der Waals surface area (Å²) in [6, 6.07) is 7.79. The maximum absolute atomic E-state index is 13.1. The SMILES string of the molecule is O=C[C@H]1NCC(=S)C1C(=O)C1=CSC=CN1C(=O)CCCCC1=Cc2ccccc2C1. The van der Waals surface area contributed by atoms with Crippen LogP contribution < -0.4 is 5.32 Å². The van der Waals surface area contributed by atoms with E-state index < -0.39 is 12.0 Å². The molecule has 1 aliphatic carbocycles. The number of carbonyl (C=O) groups excluding carboxylic acids is 3. The number of hydrogen-bond acceptors (Lipinski definition) is 6. The second-order valence-electron chi connectivity index (χ2n) is 7.92. The minimum absolute atomic E-state index is 0.112. The van der Waals surface area contributed by atoms with Gasteiger partial charge < -0.3 is 10.1 Å². The standard InChI is InChI=1S/C24H24N2O3S2/c27-14-19-23(21(30)13-25-19)24(29)20-15-31-10-9-26(20)22(28)8-4-1-5-16-11-17-6-2-3-7-18(17)12-16/h2-3,6-7,9-11,14-15,19,23,25H,1,4-5,8,12-13H2/t19-,23?/m1/s1. The van der Waals surface area contributed by atoms with Crippen LogP contribution in [0.25, 0.3) is 6.08 Å². The molecule has 2 heterocycles. The van der Waals surface area contributed by atoms with Crippen LogP contribution in [0.15, 0.2) is 52.6 Å². The fourth-order valence-electron chi connectivity index (χ4n) is 4.23. The highest BCUT2D eigenvalue weighted by atomic mass is 32.2. The number of thiocarbonyl (C=S) groups is 1. The number of amides is 1. The van der Waals surface area contributed by atoms with Gasteiger partial charge in [0.05, 0.1) is 17.7 Å². The summed E-state index contributed by atoms with van der Waals surface area (Å²) in [7, 11) is 0. The van der Waals surface area contributed by atoms with Crippen molar-refractivity contribution in [3.63, 3.8) is 0 Å². The molecular formula is C24H24N2O3S2. The lowest BCUT2D eigenvalue weighted by atomic mass is 9.94. The molecule has 3 aliphatic rings. The van der Waals surface area contributed by atoms with Crippen molar-refractivity contribution in [2.45, 2.75) is 38.1 Å². The molecule has 0 spiro atoms. The lowest BCUT2D eigenvalue weighted by molar-refractivity contribution is -0.130. The fourth-order valence-corrected chi connectivity index (χ4v) is 5.20. The molecule has 2 atom stereocenters. The molecule has 5 nitrogen and oxygen atoms in total. The third kappa shape index (κ3) is 4.79. The smallest absolute Gasteiger partial charge is 0.231 e. The molecule has 0 aromatic heterocycles. The first kappa shape index (κ1) is 21.9. The Kier molecular flexibility index (Phi) is 6.95. The summed E-state index contributed by atoms with van der Waals surface area (Å²) < 4.78 is 0. The highest BCUT2D eigenvalue weighted by Gasteiger charge is 2.40. The molecule has 1 aromatic carbocycles. The zero-order valence-electron chi connectivity index (χ0n) is 17.1. The lowest BCUT2D eigenvalue weighted by Crippen LogP contribution is -2.39. The number of aldehydes is 1. The largest absolute Gasteiger partial charge is 0.302 e. The van der Waals surface area contributed by atoms with E-state index in [4.69, 9.17) is 12.2 Å². The van der Waals surface area contributed by atoms with Gasteiger partial charge in [0, 0.05) is 29.4 Å². The summed E-state index contributed by atoms with van der Waals surface area (Å²) in [5, 5.41) is 6.40. The Bertz CT molecular complexity index is 1010. The second-order valence-corrected chi connectivity index (χ2v) is 9.23. The average molecular weight is 453 g/mol. The van der Waals surface area contributed by atoms with Crippen LogP contribution in [0.2, 0.25) is 0 Å². The van der Waals surface area contributed by atoms with Crippen molar-refractivity contribution in [1.82, 2.24) is 10.2 Å². The second kappa shape index (κ2) is 9.85. The van der Waals surface area contributed by atoms with E-state index in [2.05, 4.69) is 35.7 Å². The minimum Gasteiger partial charge on any atom is -0.302 e. The van der Waals surface area contributed by atoms with Crippen molar-refractivity contribution >= 4 is 52.9 Å². The number of benzene rings is 1. The van der Waals surface area contributed by atoms with Crippen molar-refractivity contribution in [3.8, 4) is 0 Å². The van der Waals surface area contributed by atoms with Crippen LogP contribution in [0.3, 0.4) is 0 Å². The van der Waals surface area contributed by atoms with Gasteiger partial charge in [-0.25, -0.2) is 0 Å². The van der Waals surface area contributed by atoms with Crippen molar-refractivity contribution in [3.05, 3.63) is 63.7 Å². The van der Waals surface area contributed by atoms with Crippen LogP contribution in [0.1, 0.15) is 36.8 Å². The number of ketones is 1. The van der Waals surface area contributed by atoms with Gasteiger partial charge >= 0.3 is 0 Å². The molecule has 1 aromatic rings. The summed E-state index contributed by atoms with van der Waals surface area (Å²) in [5.74, 6) is -1.08. The lowest BCUT2D eigenvalue weighted by Gasteiger charge is -2.25. The number of allylic oxidation sites excluding steroid dienone is 2. The Morgan fingerprint density at radius 2 is 2.10 bits per heavy atom. The quantitative estimate of drug-likeness (QED) is 0.368. The maximum Gasteiger partial charge on any atom is 0.231 e. The Morgan fingerprint density at radius 3 is 2.90 bits per heavy atom. The predicted molar refractivity (Wildman–Crippen MR) is 127 cm³/mol. The summed E-state index contributed by atoms with van der Waals surface area (Å²) in [5.41, 5.74) is 4.37. The maximum atomic E-state index is 13.1. The van der Waals surface area contributed by atoms with Gasteiger partial charge in [-0.05, 0) is 42.2 Å². The highest BCUT2D eigenvalue weighted by Crippen LogP contribution is 2.29. The van der Waals surface area contributed by atoms with Crippen molar-refractivity contribution in [1.29, 1.82) is 0 Å². The third-order valence-corrected chi connectivity index (χ3v) is 6.90. The first-order chi connectivity index (χ1) is 15.1. The number of Topliss-reactive ketones (excluding diaryl/α,β-unsaturated/α-hetero) is 1. The number of fused-ring (bicyclic) bond motifs is 1. The van der Waals surface area contributed by atoms with Gasteiger partial charge in [0.2, 0.25) is 5.91 Å². The summed E-state index contributed by atoms with van der Waals surface area (Å²) >= 11 is 6.64. The third-order valence-electron chi connectivity index (χ3n) is 5.87. The number of thioether (sulfide) groups is 1. The van der Waals surface area contributed by atoms with E-state index in [-0.39, 0.29) is 11.7 Å². The van der Waals surface area contributed by atoms with Gasteiger partial charge in [0.15, 0.2) is 5.78 Å². The Hall–Kier alpha value is -2.35. The van der Waals surface area contributed by atoms with Crippen LogP contribution in [0, 0.1) is 5.92 Å². The summed E-state index contributed by atoms with van der Waals surface area (Å²) in [6.45, 7) is 0.360. The van der Waals surface area contributed by atoms with E-state index in [1.807, 2.05) is 0 Å². The van der Waals surface area contributed by atoms with Crippen LogP contribution in [0.5, 0.6) is 0 Å². The zero-order valence-corrected chi connectivity index (χ0v) is 18.7. The molecule has 1 fully saturated rings. The molecule has 160 valence electrons. The summed E-state index contributed by atoms with van der Waals surface area (Å²) in [4.78, 5) is 39.2. The monoisotopic (exact) mass is 452 g/mol. The van der Waals surface area contributed by atoms with Gasteiger partial charge in [0.25, 0.3) is 0 Å². The number of nitrogens with one attached hydrogen (secondary N) is 1. The number of unbranched alkanes of at least 4 members (excludes halogenated alkanes) is 1. The number of carbonyl (C=O) groups is 3. The fraction of sp³-hybridized carbons (Fsp3) is 0.333. The summed E-state index contributed by atoms with van der Waals surface area (Å²) in [6.07, 6.45) is 8.62. The topological polar surface area (TPSA) is 66.5 Å². The molecule has 1 saturated heterocycles. The Balaban J connectivity index is 1.31.